The van der Waals surface area contributed by atoms with Crippen molar-refractivity contribution in [1.29, 1.82) is 0 Å². The van der Waals surface area contributed by atoms with E-state index in [1.165, 1.54) is 0 Å². The quantitative estimate of drug-likeness (QED) is 0.339. The van der Waals surface area contributed by atoms with Crippen molar-refractivity contribution in [3.63, 3.8) is 0 Å². The molecule has 0 aromatic heterocycles. The van der Waals surface area contributed by atoms with Gasteiger partial charge in [-0.25, -0.2) is 0 Å². The van der Waals surface area contributed by atoms with Crippen LogP contribution in [0.15, 0.2) is 0 Å². The van der Waals surface area contributed by atoms with Crippen molar-refractivity contribution in [3.05, 3.63) is 0 Å². The highest BCUT2D eigenvalue weighted by Crippen LogP contribution is 1.93. The Morgan fingerprint density at radius 3 is 2.64 bits per heavy atom. The van der Waals surface area contributed by atoms with Gasteiger partial charge < -0.3 is 14.8 Å². The zero-order valence-corrected chi connectivity index (χ0v) is 8.06. The zero-order valence-electron chi connectivity index (χ0n) is 7.17. The molecule has 0 aliphatic carbocycles. The molecule has 0 rings (SSSR count). The minimum Gasteiger partial charge on any atom is -0.378 e. The van der Waals surface area contributed by atoms with Gasteiger partial charge in [0.2, 0.25) is 0 Å². The van der Waals surface area contributed by atoms with Gasteiger partial charge in [0.05, 0.1) is 25.3 Å². The summed E-state index contributed by atoms with van der Waals surface area (Å²) in [7, 11) is 1.90. The van der Waals surface area contributed by atoms with E-state index < -0.39 is 0 Å². The molecule has 0 aromatic carbocycles. The maximum absolute atomic E-state index is 5.20. The van der Waals surface area contributed by atoms with Crippen LogP contribution in [0.1, 0.15) is 6.92 Å². The maximum Gasteiger partial charge on any atom is 0.0972 e. The Kier molecular flexibility index (Phi) is 8.50. The summed E-state index contributed by atoms with van der Waals surface area (Å²) in [6.45, 7) is 4.77. The highest BCUT2D eigenvalue weighted by Gasteiger charge is 1.92. The van der Waals surface area contributed by atoms with E-state index in [0.717, 1.165) is 13.2 Å². The van der Waals surface area contributed by atoms with Gasteiger partial charge in [-0.05, 0) is 14.0 Å². The molecule has 0 fully saturated rings. The number of hydrogen-bond donors (Lipinski definition) is 2. The van der Waals surface area contributed by atoms with Crippen LogP contribution in [0, 0.1) is 0 Å². The van der Waals surface area contributed by atoms with Gasteiger partial charge in [-0.1, -0.05) is 0 Å². The van der Waals surface area contributed by atoms with Crippen LogP contribution in [0.3, 0.4) is 0 Å². The predicted octanol–water partition coefficient (Wildman–Crippen LogP) is 0.515. The second-order valence-electron chi connectivity index (χ2n) is 2.19. The summed E-state index contributed by atoms with van der Waals surface area (Å²) < 4.78 is 10.3. The van der Waals surface area contributed by atoms with Crippen molar-refractivity contribution in [2.75, 3.05) is 33.4 Å². The third-order valence-corrected chi connectivity index (χ3v) is 1.23. The number of ether oxygens (including phenoxy) is 2. The lowest BCUT2D eigenvalue weighted by atomic mass is 10.7. The van der Waals surface area contributed by atoms with Crippen LogP contribution < -0.4 is 5.32 Å². The Hall–Kier alpha value is 0.230. The molecule has 1 atom stereocenters. The fourth-order valence-electron chi connectivity index (χ4n) is 0.554. The van der Waals surface area contributed by atoms with Gasteiger partial charge in [-0.2, -0.15) is 0 Å². The molecule has 0 aromatic rings. The summed E-state index contributed by atoms with van der Waals surface area (Å²) in [6.07, 6.45) is 0. The minimum absolute atomic E-state index is 0.00269. The zero-order chi connectivity index (χ0) is 8.53. The van der Waals surface area contributed by atoms with E-state index in [4.69, 9.17) is 9.47 Å². The minimum atomic E-state index is 0.00269. The summed E-state index contributed by atoms with van der Waals surface area (Å²) in [5.74, 6) is 0. The lowest BCUT2D eigenvalue weighted by Crippen LogP contribution is -2.16. The summed E-state index contributed by atoms with van der Waals surface area (Å²) in [5.41, 5.74) is 0.00269. The highest BCUT2D eigenvalue weighted by molar-refractivity contribution is 7.80. The van der Waals surface area contributed by atoms with E-state index >= 15 is 0 Å². The summed E-state index contributed by atoms with van der Waals surface area (Å²) >= 11 is 4.05. The van der Waals surface area contributed by atoms with E-state index in [2.05, 4.69) is 17.9 Å². The molecule has 0 saturated heterocycles. The molecule has 1 N–H and O–H groups in total. The molecule has 0 radical (unpaired) electrons. The molecule has 4 heteroatoms. The Labute approximate surface area is 73.9 Å². The Morgan fingerprint density at radius 2 is 2.09 bits per heavy atom. The predicted molar refractivity (Wildman–Crippen MR) is 49.1 cm³/mol. The van der Waals surface area contributed by atoms with E-state index in [1.54, 1.807) is 0 Å². The molecule has 0 spiro atoms. The number of nitrogens with one attached hydrogen (secondary N) is 1. The van der Waals surface area contributed by atoms with Crippen LogP contribution >= 0.6 is 12.6 Å². The molecule has 0 amide bonds. The largest absolute Gasteiger partial charge is 0.378 e. The molecular weight excluding hydrogens is 162 g/mol. The average molecular weight is 179 g/mol. The normalized spacial score (nSPS) is 13.4. The van der Waals surface area contributed by atoms with Crippen molar-refractivity contribution in [1.82, 2.24) is 5.32 Å². The van der Waals surface area contributed by atoms with Crippen LogP contribution in [0.2, 0.25) is 0 Å². The smallest absolute Gasteiger partial charge is 0.0972 e. The van der Waals surface area contributed by atoms with Crippen LogP contribution in [0.4, 0.5) is 0 Å². The first-order chi connectivity index (χ1) is 5.27. The highest BCUT2D eigenvalue weighted by atomic mass is 32.1. The second kappa shape index (κ2) is 8.33. The van der Waals surface area contributed by atoms with Crippen LogP contribution in [0.5, 0.6) is 0 Å². The fourth-order valence-corrected chi connectivity index (χ4v) is 0.659. The molecule has 0 aliphatic rings. The molecule has 0 bridgehead atoms. The van der Waals surface area contributed by atoms with Crippen LogP contribution in [-0.2, 0) is 9.47 Å². The van der Waals surface area contributed by atoms with Gasteiger partial charge in [-0.3, -0.25) is 0 Å². The molecule has 11 heavy (non-hydrogen) atoms. The number of thiol groups is 1. The van der Waals surface area contributed by atoms with Gasteiger partial charge in [0.25, 0.3) is 0 Å². The van der Waals surface area contributed by atoms with Crippen molar-refractivity contribution in [2.45, 2.75) is 12.4 Å². The Morgan fingerprint density at radius 1 is 1.36 bits per heavy atom. The van der Waals surface area contributed by atoms with E-state index in [1.807, 2.05) is 14.0 Å². The molecule has 0 aliphatic heterocycles. The van der Waals surface area contributed by atoms with Gasteiger partial charge >= 0.3 is 0 Å². The number of likely N-dealkylation sites (N-methyl/N-ethyl adjacent to an activating group) is 1. The standard InChI is InChI=1S/C7H17NO2S/c1-7(11)10-6-5-9-4-3-8-2/h7-8,11H,3-6H2,1-2H3. The second-order valence-corrected chi connectivity index (χ2v) is 2.91. The lowest BCUT2D eigenvalue weighted by molar-refractivity contribution is 0.0445. The average Bonchev–Trinajstić information content (AvgIpc) is 1.96. The van der Waals surface area contributed by atoms with Gasteiger partial charge in [0.15, 0.2) is 0 Å². The maximum atomic E-state index is 5.20. The van der Waals surface area contributed by atoms with E-state index in [-0.39, 0.29) is 5.44 Å². The van der Waals surface area contributed by atoms with Gasteiger partial charge in [-0.15, -0.1) is 12.6 Å². The first-order valence-electron chi connectivity index (χ1n) is 3.79. The molecule has 0 saturated carbocycles. The first kappa shape index (κ1) is 11.2. The third kappa shape index (κ3) is 10.2. The molecule has 3 nitrogen and oxygen atoms in total. The van der Waals surface area contributed by atoms with E-state index in [0.29, 0.717) is 13.2 Å². The Bertz CT molecular complexity index is 80.8. The van der Waals surface area contributed by atoms with Crippen molar-refractivity contribution < 1.29 is 9.47 Å². The monoisotopic (exact) mass is 179 g/mol. The van der Waals surface area contributed by atoms with Crippen LogP contribution in [0.25, 0.3) is 0 Å². The first-order valence-corrected chi connectivity index (χ1v) is 4.31. The summed E-state index contributed by atoms with van der Waals surface area (Å²) in [4.78, 5) is 0. The fraction of sp³-hybridized carbons (Fsp3) is 1.00. The van der Waals surface area contributed by atoms with Gasteiger partial charge in [0.1, 0.15) is 0 Å². The SMILES string of the molecule is CNCCOCCOC(C)S. The van der Waals surface area contributed by atoms with Crippen molar-refractivity contribution in [3.8, 4) is 0 Å². The van der Waals surface area contributed by atoms with Gasteiger partial charge in [0, 0.05) is 6.54 Å². The van der Waals surface area contributed by atoms with Crippen molar-refractivity contribution >= 4 is 12.6 Å². The third-order valence-electron chi connectivity index (χ3n) is 1.08. The summed E-state index contributed by atoms with van der Waals surface area (Å²) in [6, 6.07) is 0. The molecule has 1 unspecified atom stereocenters. The van der Waals surface area contributed by atoms with Crippen LogP contribution in [-0.4, -0.2) is 38.8 Å². The number of rotatable bonds is 7. The molecule has 0 heterocycles. The van der Waals surface area contributed by atoms with Crippen molar-refractivity contribution in [2.24, 2.45) is 0 Å². The lowest BCUT2D eigenvalue weighted by Gasteiger charge is -2.06. The Balaban J connectivity index is 2.80. The summed E-state index contributed by atoms with van der Waals surface area (Å²) in [5, 5.41) is 2.99. The van der Waals surface area contributed by atoms with E-state index in [9.17, 15) is 0 Å². The molecular formula is C7H17NO2S. The number of hydrogen-bond acceptors (Lipinski definition) is 4. The molecule has 68 valence electrons. The topological polar surface area (TPSA) is 30.5 Å².